The standard InChI is InChI=1S/C17H21ClN4O3/c1-12-7-16(19-17(24)21-5-6-25-11-15(23)10-21)22(20-12)9-13-3-2-4-14(18)8-13/h2-4,7-8,15,23H,5-6,9-11H2,1H3,(H,19,24). The molecule has 25 heavy (non-hydrogen) atoms. The molecule has 8 heteroatoms. The number of carbonyl (C=O) groups is 1. The van der Waals surface area contributed by atoms with Crippen molar-refractivity contribution < 1.29 is 14.6 Å². The number of aliphatic hydroxyl groups is 1. The Kier molecular flexibility index (Phi) is 5.57. The number of carbonyl (C=O) groups excluding carboxylic acids is 1. The van der Waals surface area contributed by atoms with E-state index in [0.717, 1.165) is 11.3 Å². The van der Waals surface area contributed by atoms with Crippen LogP contribution in [-0.2, 0) is 11.3 Å². The van der Waals surface area contributed by atoms with Crippen molar-refractivity contribution in [2.45, 2.75) is 19.6 Å². The maximum Gasteiger partial charge on any atom is 0.323 e. The summed E-state index contributed by atoms with van der Waals surface area (Å²) in [6.45, 7) is 3.70. The molecule has 2 N–H and O–H groups in total. The first-order valence-corrected chi connectivity index (χ1v) is 8.49. The summed E-state index contributed by atoms with van der Waals surface area (Å²) >= 11 is 6.03. The average molecular weight is 365 g/mol. The lowest BCUT2D eigenvalue weighted by molar-refractivity contribution is 0.0575. The monoisotopic (exact) mass is 364 g/mol. The van der Waals surface area contributed by atoms with Crippen molar-refractivity contribution in [1.82, 2.24) is 14.7 Å². The molecule has 0 radical (unpaired) electrons. The molecule has 1 fully saturated rings. The largest absolute Gasteiger partial charge is 0.389 e. The number of hydrogen-bond donors (Lipinski definition) is 2. The number of aromatic nitrogens is 2. The minimum absolute atomic E-state index is 0.243. The highest BCUT2D eigenvalue weighted by atomic mass is 35.5. The highest BCUT2D eigenvalue weighted by molar-refractivity contribution is 6.30. The number of anilines is 1. The summed E-state index contributed by atoms with van der Waals surface area (Å²) in [7, 11) is 0. The van der Waals surface area contributed by atoms with Gasteiger partial charge in [0, 0.05) is 17.6 Å². The fourth-order valence-electron chi connectivity index (χ4n) is 2.74. The molecule has 0 aliphatic carbocycles. The fraction of sp³-hybridized carbons (Fsp3) is 0.412. The van der Waals surface area contributed by atoms with E-state index in [1.807, 2.05) is 37.3 Å². The van der Waals surface area contributed by atoms with Gasteiger partial charge in [0.25, 0.3) is 0 Å². The Morgan fingerprint density at radius 1 is 1.48 bits per heavy atom. The maximum atomic E-state index is 12.5. The molecule has 134 valence electrons. The van der Waals surface area contributed by atoms with Crippen LogP contribution in [0.1, 0.15) is 11.3 Å². The first kappa shape index (κ1) is 17.7. The van der Waals surface area contributed by atoms with Crippen LogP contribution in [0.3, 0.4) is 0 Å². The zero-order valence-corrected chi connectivity index (χ0v) is 14.7. The molecule has 1 aliphatic rings. The average Bonchev–Trinajstić information content (AvgIpc) is 2.76. The van der Waals surface area contributed by atoms with Gasteiger partial charge in [-0.15, -0.1) is 0 Å². The number of benzene rings is 1. The highest BCUT2D eigenvalue weighted by Crippen LogP contribution is 2.16. The van der Waals surface area contributed by atoms with E-state index in [4.69, 9.17) is 16.3 Å². The molecule has 2 heterocycles. The van der Waals surface area contributed by atoms with Crippen molar-refractivity contribution >= 4 is 23.4 Å². The van der Waals surface area contributed by atoms with Crippen LogP contribution in [0.5, 0.6) is 0 Å². The Hall–Kier alpha value is -2.09. The molecular weight excluding hydrogens is 344 g/mol. The lowest BCUT2D eigenvalue weighted by Crippen LogP contribution is -2.40. The summed E-state index contributed by atoms with van der Waals surface area (Å²) in [6, 6.07) is 9.05. The molecule has 0 spiro atoms. The third kappa shape index (κ3) is 4.72. The van der Waals surface area contributed by atoms with Crippen LogP contribution in [0.15, 0.2) is 30.3 Å². The molecule has 1 saturated heterocycles. The number of β-amino-alcohol motifs (C(OH)–C–C–N with tert-alkyl or cyclic N) is 1. The number of halogens is 1. The van der Waals surface area contributed by atoms with Crippen LogP contribution in [0, 0.1) is 6.92 Å². The predicted octanol–water partition coefficient (Wildman–Crippen LogP) is 2.12. The second-order valence-corrected chi connectivity index (χ2v) is 6.50. The summed E-state index contributed by atoms with van der Waals surface area (Å²) in [4.78, 5) is 14.1. The number of nitrogens with zero attached hydrogens (tertiary/aromatic N) is 3. The molecule has 1 atom stereocenters. The first-order valence-electron chi connectivity index (χ1n) is 8.12. The number of amides is 2. The SMILES string of the molecule is Cc1cc(NC(=O)N2CCOCC(O)C2)n(Cc2cccc(Cl)c2)n1. The van der Waals surface area contributed by atoms with E-state index in [2.05, 4.69) is 10.4 Å². The maximum absolute atomic E-state index is 12.5. The molecule has 7 nitrogen and oxygen atoms in total. The van der Waals surface area contributed by atoms with Gasteiger partial charge in [-0.05, 0) is 24.6 Å². The summed E-state index contributed by atoms with van der Waals surface area (Å²) in [5, 5.41) is 17.7. The Balaban J connectivity index is 1.73. The normalized spacial score (nSPS) is 18.0. The molecule has 0 saturated carbocycles. The van der Waals surface area contributed by atoms with Crippen molar-refractivity contribution in [2.75, 3.05) is 31.6 Å². The van der Waals surface area contributed by atoms with Crippen molar-refractivity contribution in [3.8, 4) is 0 Å². The molecule has 1 aromatic heterocycles. The van der Waals surface area contributed by atoms with Gasteiger partial charge >= 0.3 is 6.03 Å². The van der Waals surface area contributed by atoms with Gasteiger partial charge in [0.15, 0.2) is 0 Å². The van der Waals surface area contributed by atoms with Crippen molar-refractivity contribution in [3.63, 3.8) is 0 Å². The summed E-state index contributed by atoms with van der Waals surface area (Å²) in [6.07, 6.45) is -0.675. The molecule has 1 unspecified atom stereocenters. The second-order valence-electron chi connectivity index (χ2n) is 6.06. The van der Waals surface area contributed by atoms with Gasteiger partial charge in [-0.25, -0.2) is 9.48 Å². The Bertz CT molecular complexity index is 749. The third-order valence-electron chi connectivity index (χ3n) is 3.89. The quantitative estimate of drug-likeness (QED) is 0.874. The Morgan fingerprint density at radius 2 is 2.32 bits per heavy atom. The number of nitrogens with one attached hydrogen (secondary N) is 1. The zero-order chi connectivity index (χ0) is 17.8. The first-order chi connectivity index (χ1) is 12.0. The van der Waals surface area contributed by atoms with Crippen LogP contribution >= 0.6 is 11.6 Å². The number of rotatable bonds is 3. The van der Waals surface area contributed by atoms with Crippen LogP contribution in [0.4, 0.5) is 10.6 Å². The smallest absolute Gasteiger partial charge is 0.323 e. The number of hydrogen-bond acceptors (Lipinski definition) is 4. The summed E-state index contributed by atoms with van der Waals surface area (Å²) in [5.74, 6) is 0.599. The third-order valence-corrected chi connectivity index (χ3v) is 4.13. The van der Waals surface area contributed by atoms with E-state index in [0.29, 0.717) is 30.5 Å². The molecular formula is C17H21ClN4O3. The van der Waals surface area contributed by atoms with Crippen LogP contribution in [-0.4, -0.2) is 58.2 Å². The number of urea groups is 1. The number of aryl methyl sites for hydroxylation is 1. The predicted molar refractivity (Wildman–Crippen MR) is 94.9 cm³/mol. The number of aliphatic hydroxyl groups excluding tert-OH is 1. The van der Waals surface area contributed by atoms with E-state index < -0.39 is 6.10 Å². The van der Waals surface area contributed by atoms with Gasteiger partial charge in [-0.2, -0.15) is 5.10 Å². The molecule has 2 amide bonds. The van der Waals surface area contributed by atoms with E-state index in [-0.39, 0.29) is 19.2 Å². The minimum atomic E-state index is -0.675. The van der Waals surface area contributed by atoms with E-state index in [9.17, 15) is 9.90 Å². The molecule has 3 rings (SSSR count). The minimum Gasteiger partial charge on any atom is -0.389 e. The Morgan fingerprint density at radius 3 is 3.12 bits per heavy atom. The van der Waals surface area contributed by atoms with Crippen molar-refractivity contribution in [2.24, 2.45) is 0 Å². The Labute approximate surface area is 151 Å². The van der Waals surface area contributed by atoms with Gasteiger partial charge in [0.05, 0.1) is 38.1 Å². The highest BCUT2D eigenvalue weighted by Gasteiger charge is 2.22. The lowest BCUT2D eigenvalue weighted by atomic mass is 10.2. The molecule has 2 aromatic rings. The summed E-state index contributed by atoms with van der Waals surface area (Å²) in [5.41, 5.74) is 1.79. The van der Waals surface area contributed by atoms with E-state index >= 15 is 0 Å². The van der Waals surface area contributed by atoms with Crippen molar-refractivity contribution in [1.29, 1.82) is 0 Å². The van der Waals surface area contributed by atoms with Crippen LogP contribution in [0.2, 0.25) is 5.02 Å². The van der Waals surface area contributed by atoms with Crippen LogP contribution < -0.4 is 5.32 Å². The van der Waals surface area contributed by atoms with Gasteiger partial charge in [-0.3, -0.25) is 5.32 Å². The number of ether oxygens (including phenoxy) is 1. The molecule has 1 aliphatic heterocycles. The van der Waals surface area contributed by atoms with Crippen molar-refractivity contribution in [3.05, 3.63) is 46.6 Å². The zero-order valence-electron chi connectivity index (χ0n) is 14.0. The van der Waals surface area contributed by atoms with Gasteiger partial charge in [0.1, 0.15) is 5.82 Å². The molecule has 0 bridgehead atoms. The lowest BCUT2D eigenvalue weighted by Gasteiger charge is -2.22. The second kappa shape index (κ2) is 7.86. The topological polar surface area (TPSA) is 79.6 Å². The van der Waals surface area contributed by atoms with Gasteiger partial charge < -0.3 is 14.7 Å². The molecule has 1 aromatic carbocycles. The van der Waals surface area contributed by atoms with E-state index in [1.54, 1.807) is 9.58 Å². The fourth-order valence-corrected chi connectivity index (χ4v) is 2.95. The van der Waals surface area contributed by atoms with Gasteiger partial charge in [-0.1, -0.05) is 23.7 Å². The van der Waals surface area contributed by atoms with E-state index in [1.165, 1.54) is 0 Å². The van der Waals surface area contributed by atoms with Crippen LogP contribution in [0.25, 0.3) is 0 Å². The summed E-state index contributed by atoms with van der Waals surface area (Å²) < 4.78 is 6.98. The van der Waals surface area contributed by atoms with Gasteiger partial charge in [0.2, 0.25) is 0 Å².